The number of anilines is 1. The summed E-state index contributed by atoms with van der Waals surface area (Å²) in [6.45, 7) is 5.22. The lowest BCUT2D eigenvalue weighted by Gasteiger charge is -2.16. The van der Waals surface area contributed by atoms with E-state index in [0.29, 0.717) is 12.2 Å². The Balaban J connectivity index is 1.63. The predicted octanol–water partition coefficient (Wildman–Crippen LogP) is 3.24. The Bertz CT molecular complexity index is 938. The van der Waals surface area contributed by atoms with Crippen LogP contribution in [-0.2, 0) is 11.2 Å². The maximum absolute atomic E-state index is 11.9. The molecule has 0 aliphatic carbocycles. The number of nitrogens with zero attached hydrogens (tertiary/aromatic N) is 2. The van der Waals surface area contributed by atoms with Crippen LogP contribution in [0.5, 0.6) is 0 Å². The lowest BCUT2D eigenvalue weighted by Crippen LogP contribution is -2.41. The first-order chi connectivity index (χ1) is 12.3. The van der Waals surface area contributed by atoms with Crippen LogP contribution in [-0.4, -0.2) is 26.9 Å². The molecular weight excluding hydrogens is 330 g/mol. The number of fused-ring (bicyclic) bond motifs is 1. The molecule has 0 aromatic carbocycles. The third-order valence-electron chi connectivity index (χ3n) is 3.91. The average molecular weight is 351 g/mol. The van der Waals surface area contributed by atoms with Crippen molar-refractivity contribution < 1.29 is 9.59 Å². The standard InChI is InChI=1S/C19H21N5O2/c1-19(2,3)17(25)24-18(26)23-15-7-6-12(10-21-15)9-13-11-22-16-14(13)5-4-8-20-16/h4-8,10-11H,9H2,1-3H3,(H,20,22)(H2,21,23,24,25,26). The number of carbonyl (C=O) groups is 2. The summed E-state index contributed by atoms with van der Waals surface area (Å²) in [5, 5.41) is 5.94. The number of H-pyrrole nitrogens is 1. The van der Waals surface area contributed by atoms with E-state index in [1.807, 2.05) is 24.4 Å². The van der Waals surface area contributed by atoms with E-state index in [1.54, 1.807) is 39.2 Å². The van der Waals surface area contributed by atoms with E-state index in [0.717, 1.165) is 22.2 Å². The van der Waals surface area contributed by atoms with Crippen LogP contribution in [0.3, 0.4) is 0 Å². The minimum absolute atomic E-state index is 0.348. The molecule has 3 heterocycles. The van der Waals surface area contributed by atoms with Gasteiger partial charge in [0.2, 0.25) is 5.91 Å². The van der Waals surface area contributed by atoms with Crippen LogP contribution in [0.1, 0.15) is 31.9 Å². The Morgan fingerprint density at radius 3 is 2.65 bits per heavy atom. The highest BCUT2D eigenvalue weighted by molar-refractivity contribution is 6.02. The van der Waals surface area contributed by atoms with Crippen LogP contribution in [0.15, 0.2) is 42.9 Å². The number of rotatable bonds is 3. The van der Waals surface area contributed by atoms with E-state index >= 15 is 0 Å². The molecule has 0 aliphatic rings. The van der Waals surface area contributed by atoms with Gasteiger partial charge in [0, 0.05) is 35.8 Å². The summed E-state index contributed by atoms with van der Waals surface area (Å²) < 4.78 is 0. The lowest BCUT2D eigenvalue weighted by molar-refractivity contribution is -0.127. The van der Waals surface area contributed by atoms with Gasteiger partial charge in [-0.2, -0.15) is 0 Å². The number of hydrogen-bond acceptors (Lipinski definition) is 4. The van der Waals surface area contributed by atoms with Crippen molar-refractivity contribution in [2.45, 2.75) is 27.2 Å². The highest BCUT2D eigenvalue weighted by Crippen LogP contribution is 2.19. The number of imide groups is 1. The van der Waals surface area contributed by atoms with Gasteiger partial charge in [0.05, 0.1) is 0 Å². The Morgan fingerprint density at radius 1 is 1.15 bits per heavy atom. The molecule has 0 saturated carbocycles. The van der Waals surface area contributed by atoms with Crippen LogP contribution < -0.4 is 10.6 Å². The fraction of sp³-hybridized carbons (Fsp3) is 0.263. The molecule has 0 unspecified atom stereocenters. The number of hydrogen-bond donors (Lipinski definition) is 3. The molecule has 0 radical (unpaired) electrons. The summed E-state index contributed by atoms with van der Waals surface area (Å²) in [4.78, 5) is 35.3. The molecule has 3 rings (SSSR count). The second-order valence-corrected chi connectivity index (χ2v) is 7.10. The largest absolute Gasteiger partial charge is 0.346 e. The monoisotopic (exact) mass is 351 g/mol. The SMILES string of the molecule is CC(C)(C)C(=O)NC(=O)Nc1ccc(Cc2c[nH]c3ncccc23)cn1. The van der Waals surface area contributed by atoms with Gasteiger partial charge in [-0.25, -0.2) is 14.8 Å². The molecule has 3 aromatic rings. The Kier molecular flexibility index (Phi) is 4.71. The van der Waals surface area contributed by atoms with Gasteiger partial charge in [0.15, 0.2) is 0 Å². The molecule has 0 spiro atoms. The number of carbonyl (C=O) groups excluding carboxylic acids is 2. The Labute approximate surface area is 151 Å². The normalized spacial score (nSPS) is 11.3. The van der Waals surface area contributed by atoms with E-state index in [1.165, 1.54) is 0 Å². The molecule has 26 heavy (non-hydrogen) atoms. The Hall–Kier alpha value is -3.22. The summed E-state index contributed by atoms with van der Waals surface area (Å²) >= 11 is 0. The molecule has 134 valence electrons. The number of amides is 3. The van der Waals surface area contributed by atoms with Crippen molar-refractivity contribution in [1.29, 1.82) is 0 Å². The van der Waals surface area contributed by atoms with Crippen molar-refractivity contribution in [2.24, 2.45) is 5.41 Å². The summed E-state index contributed by atoms with van der Waals surface area (Å²) in [6, 6.07) is 6.94. The zero-order chi connectivity index (χ0) is 18.7. The molecule has 0 fully saturated rings. The van der Waals surface area contributed by atoms with Crippen LogP contribution in [0.2, 0.25) is 0 Å². The number of nitrogens with one attached hydrogen (secondary N) is 3. The van der Waals surface area contributed by atoms with Crippen molar-refractivity contribution in [1.82, 2.24) is 20.3 Å². The maximum atomic E-state index is 11.9. The average Bonchev–Trinajstić information content (AvgIpc) is 2.99. The highest BCUT2D eigenvalue weighted by Gasteiger charge is 2.23. The lowest BCUT2D eigenvalue weighted by atomic mass is 9.96. The van der Waals surface area contributed by atoms with Crippen LogP contribution in [0.25, 0.3) is 11.0 Å². The predicted molar refractivity (Wildman–Crippen MR) is 99.8 cm³/mol. The summed E-state index contributed by atoms with van der Waals surface area (Å²) in [6.07, 6.45) is 6.10. The van der Waals surface area contributed by atoms with Gasteiger partial charge in [-0.05, 0) is 29.3 Å². The van der Waals surface area contributed by atoms with Crippen molar-refractivity contribution in [2.75, 3.05) is 5.32 Å². The molecule has 0 bridgehead atoms. The molecule has 0 aliphatic heterocycles. The summed E-state index contributed by atoms with van der Waals surface area (Å²) in [5.41, 5.74) is 2.35. The fourth-order valence-corrected chi connectivity index (χ4v) is 2.42. The first kappa shape index (κ1) is 17.6. The Morgan fingerprint density at radius 2 is 1.96 bits per heavy atom. The fourth-order valence-electron chi connectivity index (χ4n) is 2.42. The zero-order valence-electron chi connectivity index (χ0n) is 15.0. The minimum atomic E-state index is -0.636. The van der Waals surface area contributed by atoms with Crippen LogP contribution in [0.4, 0.5) is 10.6 Å². The van der Waals surface area contributed by atoms with Gasteiger partial charge >= 0.3 is 6.03 Å². The molecule has 3 N–H and O–H groups in total. The molecule has 3 aromatic heterocycles. The van der Waals surface area contributed by atoms with Crippen molar-refractivity contribution >= 4 is 28.8 Å². The molecule has 7 nitrogen and oxygen atoms in total. The molecule has 0 saturated heterocycles. The van der Waals surface area contributed by atoms with E-state index in [9.17, 15) is 9.59 Å². The smallest absolute Gasteiger partial charge is 0.327 e. The highest BCUT2D eigenvalue weighted by atomic mass is 16.2. The first-order valence-electron chi connectivity index (χ1n) is 8.31. The summed E-state index contributed by atoms with van der Waals surface area (Å²) in [7, 11) is 0. The third-order valence-corrected chi connectivity index (χ3v) is 3.91. The van der Waals surface area contributed by atoms with E-state index < -0.39 is 11.4 Å². The van der Waals surface area contributed by atoms with Gasteiger partial charge < -0.3 is 4.98 Å². The second kappa shape index (κ2) is 6.95. The van der Waals surface area contributed by atoms with Gasteiger partial charge in [-0.1, -0.05) is 26.8 Å². The van der Waals surface area contributed by atoms with Crippen molar-refractivity contribution in [3.8, 4) is 0 Å². The number of urea groups is 1. The minimum Gasteiger partial charge on any atom is -0.346 e. The molecular formula is C19H21N5O2. The zero-order valence-corrected chi connectivity index (χ0v) is 15.0. The van der Waals surface area contributed by atoms with Gasteiger partial charge in [-0.3, -0.25) is 15.4 Å². The van der Waals surface area contributed by atoms with Crippen LogP contribution in [0, 0.1) is 5.41 Å². The number of aromatic nitrogens is 3. The number of pyridine rings is 2. The molecule has 3 amide bonds. The van der Waals surface area contributed by atoms with E-state index in [2.05, 4.69) is 25.6 Å². The number of aromatic amines is 1. The van der Waals surface area contributed by atoms with Crippen molar-refractivity contribution in [3.63, 3.8) is 0 Å². The third kappa shape index (κ3) is 4.05. The van der Waals surface area contributed by atoms with E-state index in [-0.39, 0.29) is 5.91 Å². The van der Waals surface area contributed by atoms with Gasteiger partial charge in [0.1, 0.15) is 11.5 Å². The first-order valence-corrected chi connectivity index (χ1v) is 8.31. The topological polar surface area (TPSA) is 99.8 Å². The van der Waals surface area contributed by atoms with Crippen molar-refractivity contribution in [3.05, 3.63) is 54.0 Å². The van der Waals surface area contributed by atoms with Gasteiger partial charge in [-0.15, -0.1) is 0 Å². The van der Waals surface area contributed by atoms with Gasteiger partial charge in [0.25, 0.3) is 0 Å². The van der Waals surface area contributed by atoms with E-state index in [4.69, 9.17) is 0 Å². The summed E-state index contributed by atoms with van der Waals surface area (Å²) in [5.74, 6) is 0.0353. The maximum Gasteiger partial charge on any atom is 0.327 e. The molecule has 0 atom stereocenters. The second-order valence-electron chi connectivity index (χ2n) is 7.10. The molecule has 7 heteroatoms. The quantitative estimate of drug-likeness (QED) is 0.674. The van der Waals surface area contributed by atoms with Crippen LogP contribution >= 0.6 is 0 Å².